The van der Waals surface area contributed by atoms with Gasteiger partial charge in [-0.15, -0.1) is 0 Å². The van der Waals surface area contributed by atoms with Gasteiger partial charge in [0.15, 0.2) is 0 Å². The molecule has 0 aliphatic carbocycles. The van der Waals surface area contributed by atoms with Crippen LogP contribution in [0.2, 0.25) is 0 Å². The first kappa shape index (κ1) is 28.7. The average Bonchev–Trinajstić information content (AvgIpc) is 2.82. The predicted octanol–water partition coefficient (Wildman–Crippen LogP) is 1.25. The highest BCUT2D eigenvalue weighted by Crippen LogP contribution is 2.16. The van der Waals surface area contributed by atoms with Crippen LogP contribution in [0, 0.1) is 10.1 Å². The normalized spacial score (nSPS) is 10.8. The maximum absolute atomic E-state index is 10.8. The molecule has 33 heavy (non-hydrogen) atoms. The lowest BCUT2D eigenvalue weighted by Crippen LogP contribution is -2.16. The van der Waals surface area contributed by atoms with Crippen LogP contribution in [0.25, 0.3) is 0 Å². The number of hydrogen-bond acceptors (Lipinski definition) is 11. The lowest BCUT2D eigenvalue weighted by molar-refractivity contribution is -0.384. The number of nitro groups is 1. The summed E-state index contributed by atoms with van der Waals surface area (Å²) in [5.74, 6) is 0.136. The minimum atomic E-state index is -0.458. The van der Waals surface area contributed by atoms with Crippen LogP contribution < -0.4 is 4.74 Å². The Morgan fingerprint density at radius 3 is 1.48 bits per heavy atom. The third-order valence-electron chi connectivity index (χ3n) is 3.85. The van der Waals surface area contributed by atoms with Gasteiger partial charge in [0, 0.05) is 12.1 Å². The molecule has 188 valence electrons. The minimum absolute atomic E-state index is 0.0227. The van der Waals surface area contributed by atoms with Crippen LogP contribution in [0.15, 0.2) is 24.3 Å². The molecule has 0 aliphatic heterocycles. The van der Waals surface area contributed by atoms with Gasteiger partial charge in [-0.2, -0.15) is 0 Å². The van der Waals surface area contributed by atoms with E-state index in [1.54, 1.807) is 12.1 Å². The Kier molecular flexibility index (Phi) is 17.6. The number of non-ortho nitro benzene ring substituents is 1. The molecular formula is C21H33NO11. The topological polar surface area (TPSA) is 134 Å². The van der Waals surface area contributed by atoms with E-state index in [0.29, 0.717) is 85.0 Å². The Morgan fingerprint density at radius 1 is 0.697 bits per heavy atom. The van der Waals surface area contributed by atoms with Gasteiger partial charge in [0.2, 0.25) is 0 Å². The zero-order valence-electron chi connectivity index (χ0n) is 18.9. The monoisotopic (exact) mass is 475 g/mol. The van der Waals surface area contributed by atoms with E-state index < -0.39 is 10.9 Å². The van der Waals surface area contributed by atoms with Crippen molar-refractivity contribution >= 4 is 11.7 Å². The summed E-state index contributed by atoms with van der Waals surface area (Å²) in [6.45, 7) is 4.94. The molecule has 1 aromatic carbocycles. The van der Waals surface area contributed by atoms with Gasteiger partial charge < -0.3 is 37.9 Å². The molecule has 0 saturated carbocycles. The fourth-order valence-electron chi connectivity index (χ4n) is 2.20. The average molecular weight is 475 g/mol. The number of nitrogens with zero attached hydrogens (tertiary/aromatic N) is 1. The third kappa shape index (κ3) is 16.9. The SMILES string of the molecule is COC(=O)COCCOCCOCCOCCOCCOCCOc1ccc([N+](=O)[O-])cc1. The fraction of sp³-hybridized carbons (Fsp3) is 0.667. The van der Waals surface area contributed by atoms with Gasteiger partial charge in [0.25, 0.3) is 5.69 Å². The number of carbonyl (C=O) groups is 1. The molecule has 0 atom stereocenters. The van der Waals surface area contributed by atoms with Crippen LogP contribution in [0.5, 0.6) is 5.75 Å². The summed E-state index contributed by atoms with van der Waals surface area (Å²) in [6, 6.07) is 5.88. The Hall–Kier alpha value is -2.35. The first-order valence-corrected chi connectivity index (χ1v) is 10.5. The van der Waals surface area contributed by atoms with Crippen molar-refractivity contribution in [3.8, 4) is 5.75 Å². The molecule has 0 fully saturated rings. The molecule has 0 spiro atoms. The summed E-state index contributed by atoms with van der Waals surface area (Å²) >= 11 is 0. The van der Waals surface area contributed by atoms with Crippen LogP contribution in [0.3, 0.4) is 0 Å². The second-order valence-electron chi connectivity index (χ2n) is 6.29. The van der Waals surface area contributed by atoms with Crippen molar-refractivity contribution in [2.45, 2.75) is 0 Å². The van der Waals surface area contributed by atoms with Gasteiger partial charge in [-0.3, -0.25) is 10.1 Å². The van der Waals surface area contributed by atoms with Gasteiger partial charge in [-0.05, 0) is 12.1 Å². The largest absolute Gasteiger partial charge is 0.491 e. The van der Waals surface area contributed by atoms with Crippen molar-refractivity contribution in [3.05, 3.63) is 34.4 Å². The predicted molar refractivity (Wildman–Crippen MR) is 116 cm³/mol. The number of benzene rings is 1. The Morgan fingerprint density at radius 2 is 1.09 bits per heavy atom. The van der Waals surface area contributed by atoms with Crippen molar-refractivity contribution < 1.29 is 47.6 Å². The number of nitro benzene ring substituents is 1. The van der Waals surface area contributed by atoms with Crippen molar-refractivity contribution in [3.63, 3.8) is 0 Å². The second-order valence-corrected chi connectivity index (χ2v) is 6.29. The van der Waals surface area contributed by atoms with Crippen molar-refractivity contribution in [2.24, 2.45) is 0 Å². The summed E-state index contributed by atoms with van der Waals surface area (Å²) in [5.41, 5.74) is 0.0227. The number of hydrogen-bond donors (Lipinski definition) is 0. The van der Waals surface area contributed by atoms with Crippen molar-refractivity contribution in [2.75, 3.05) is 93.0 Å². The summed E-state index contributed by atoms with van der Waals surface area (Å²) in [7, 11) is 1.31. The highest BCUT2D eigenvalue weighted by atomic mass is 16.6. The minimum Gasteiger partial charge on any atom is -0.491 e. The van der Waals surface area contributed by atoms with E-state index in [2.05, 4.69) is 4.74 Å². The first-order chi connectivity index (χ1) is 16.1. The van der Waals surface area contributed by atoms with E-state index in [1.165, 1.54) is 19.2 Å². The molecule has 0 bridgehead atoms. The summed E-state index contributed by atoms with van der Waals surface area (Å²) in [6.07, 6.45) is 0. The molecule has 12 heteroatoms. The number of rotatable bonds is 22. The molecule has 0 aromatic heterocycles. The zero-order chi connectivity index (χ0) is 24.0. The molecular weight excluding hydrogens is 442 g/mol. The Balaban J connectivity index is 1.74. The Bertz CT molecular complexity index is 627. The van der Waals surface area contributed by atoms with E-state index in [-0.39, 0.29) is 12.3 Å². The lowest BCUT2D eigenvalue weighted by atomic mass is 10.3. The van der Waals surface area contributed by atoms with Gasteiger partial charge >= 0.3 is 5.97 Å². The number of ether oxygens (including phenoxy) is 8. The van der Waals surface area contributed by atoms with Gasteiger partial charge in [-0.1, -0.05) is 0 Å². The standard InChI is InChI=1S/C21H33NO11/c1-26-21(23)18-32-15-14-30-11-10-28-7-6-27-8-9-29-12-13-31-16-17-33-20-4-2-19(3-5-20)22(24)25/h2-5H,6-18H2,1H3. The molecule has 0 aliphatic rings. The van der Waals surface area contributed by atoms with E-state index in [0.717, 1.165) is 0 Å². The highest BCUT2D eigenvalue weighted by molar-refractivity contribution is 5.70. The second kappa shape index (κ2) is 20.3. The molecule has 0 unspecified atom stereocenters. The first-order valence-electron chi connectivity index (χ1n) is 10.5. The highest BCUT2D eigenvalue weighted by Gasteiger charge is 2.04. The molecule has 0 amide bonds. The van der Waals surface area contributed by atoms with Crippen LogP contribution in [-0.2, 0) is 38.0 Å². The van der Waals surface area contributed by atoms with Gasteiger partial charge in [0.05, 0.1) is 84.7 Å². The molecule has 0 radical (unpaired) electrons. The van der Waals surface area contributed by atoms with Crippen LogP contribution in [-0.4, -0.2) is 104 Å². The van der Waals surface area contributed by atoms with Crippen LogP contribution >= 0.6 is 0 Å². The number of esters is 1. The van der Waals surface area contributed by atoms with Crippen LogP contribution in [0.4, 0.5) is 5.69 Å². The number of methoxy groups -OCH3 is 1. The maximum atomic E-state index is 10.8. The maximum Gasteiger partial charge on any atom is 0.331 e. The quantitative estimate of drug-likeness (QED) is 0.104. The molecule has 0 heterocycles. The molecule has 1 rings (SSSR count). The van der Waals surface area contributed by atoms with E-state index >= 15 is 0 Å². The summed E-state index contributed by atoms with van der Waals surface area (Å²) < 4.78 is 41.7. The lowest BCUT2D eigenvalue weighted by Gasteiger charge is -2.09. The van der Waals surface area contributed by atoms with Gasteiger partial charge in [-0.25, -0.2) is 4.79 Å². The molecule has 0 N–H and O–H groups in total. The zero-order valence-corrected chi connectivity index (χ0v) is 18.9. The molecule has 0 saturated heterocycles. The van der Waals surface area contributed by atoms with Crippen molar-refractivity contribution in [1.82, 2.24) is 0 Å². The van der Waals surface area contributed by atoms with Crippen molar-refractivity contribution in [1.29, 1.82) is 0 Å². The summed E-state index contributed by atoms with van der Waals surface area (Å²) in [4.78, 5) is 20.9. The van der Waals surface area contributed by atoms with E-state index in [1.807, 2.05) is 0 Å². The van der Waals surface area contributed by atoms with E-state index in [4.69, 9.17) is 33.2 Å². The van der Waals surface area contributed by atoms with Gasteiger partial charge in [0.1, 0.15) is 19.0 Å². The summed E-state index contributed by atoms with van der Waals surface area (Å²) in [5, 5.41) is 10.6. The Labute approximate surface area is 193 Å². The van der Waals surface area contributed by atoms with E-state index in [9.17, 15) is 14.9 Å². The molecule has 1 aromatic rings. The smallest absolute Gasteiger partial charge is 0.331 e. The van der Waals surface area contributed by atoms with Crippen LogP contribution in [0.1, 0.15) is 0 Å². The fourth-order valence-corrected chi connectivity index (χ4v) is 2.20. The third-order valence-corrected chi connectivity index (χ3v) is 3.85. The molecule has 12 nitrogen and oxygen atoms in total. The number of carbonyl (C=O) groups excluding carboxylic acids is 1.